The molecule has 0 aliphatic carbocycles. The Hall–Kier alpha value is -3.42. The molecule has 1 amide bonds. The number of nitrogens with zero attached hydrogens (tertiary/aromatic N) is 2. The summed E-state index contributed by atoms with van der Waals surface area (Å²) in [5, 5.41) is 18.2. The van der Waals surface area contributed by atoms with Crippen LogP contribution < -0.4 is 16.0 Å². The van der Waals surface area contributed by atoms with Crippen molar-refractivity contribution < 1.29 is 27.9 Å². The molecular formula is C28H35N5O6S2. The number of thioether (sulfide) groups is 1. The van der Waals surface area contributed by atoms with Crippen LogP contribution in [0.4, 0.5) is 0 Å². The number of aliphatic carboxylic acids is 1. The zero-order valence-electron chi connectivity index (χ0n) is 22.8. The van der Waals surface area contributed by atoms with Gasteiger partial charge < -0.3 is 21.1 Å². The van der Waals surface area contributed by atoms with E-state index in [9.17, 15) is 27.9 Å². The highest BCUT2D eigenvalue weighted by atomic mass is 32.2. The van der Waals surface area contributed by atoms with E-state index < -0.39 is 39.4 Å². The minimum absolute atomic E-state index is 0.0136. The number of nitrogens with one attached hydrogen (secondary N) is 3. The number of benzene rings is 2. The SMILES string of the molecule is CC1SC[C@@H](C(=O)NC(Cc2ccc(CC(=O)CCCNC3=NCCN3)cc2)C(=O)O)N1S(=O)(=O)c1ccccc1. The van der Waals surface area contributed by atoms with Gasteiger partial charge in [0.2, 0.25) is 15.9 Å². The fourth-order valence-electron chi connectivity index (χ4n) is 4.72. The number of carbonyl (C=O) groups excluding carboxylic acids is 2. The molecule has 0 bridgehead atoms. The minimum atomic E-state index is -3.96. The lowest BCUT2D eigenvalue weighted by molar-refractivity contribution is -0.142. The average molecular weight is 602 g/mol. The first-order valence-corrected chi connectivity index (χ1v) is 16.0. The Morgan fingerprint density at radius 3 is 2.49 bits per heavy atom. The second kappa shape index (κ2) is 14.0. The summed E-state index contributed by atoms with van der Waals surface area (Å²) in [6.45, 7) is 3.95. The molecule has 3 atom stereocenters. The van der Waals surface area contributed by atoms with Crippen molar-refractivity contribution in [2.45, 2.75) is 55.0 Å². The summed E-state index contributed by atoms with van der Waals surface area (Å²) in [5.41, 5.74) is 1.49. The van der Waals surface area contributed by atoms with Crippen molar-refractivity contribution in [3.05, 3.63) is 65.7 Å². The Bertz CT molecular complexity index is 1370. The van der Waals surface area contributed by atoms with Gasteiger partial charge in [0.1, 0.15) is 17.9 Å². The highest BCUT2D eigenvalue weighted by molar-refractivity contribution is 8.01. The minimum Gasteiger partial charge on any atom is -0.480 e. The summed E-state index contributed by atoms with van der Waals surface area (Å²) in [7, 11) is -3.96. The van der Waals surface area contributed by atoms with Crippen LogP contribution in [0.1, 0.15) is 30.9 Å². The maximum atomic E-state index is 13.3. The van der Waals surface area contributed by atoms with Crippen molar-refractivity contribution in [2.24, 2.45) is 4.99 Å². The topological polar surface area (TPSA) is 157 Å². The first kappa shape index (κ1) is 30.5. The molecule has 2 heterocycles. The van der Waals surface area contributed by atoms with E-state index in [1.54, 1.807) is 49.4 Å². The van der Waals surface area contributed by atoms with Crippen LogP contribution in [0.25, 0.3) is 0 Å². The van der Waals surface area contributed by atoms with E-state index in [0.29, 0.717) is 24.9 Å². The van der Waals surface area contributed by atoms with Crippen molar-refractivity contribution in [1.29, 1.82) is 0 Å². The number of amides is 1. The summed E-state index contributed by atoms with van der Waals surface area (Å²) in [4.78, 5) is 41.9. The van der Waals surface area contributed by atoms with Gasteiger partial charge in [-0.1, -0.05) is 42.5 Å². The molecule has 0 spiro atoms. The first-order valence-electron chi connectivity index (χ1n) is 13.5. The van der Waals surface area contributed by atoms with Crippen molar-refractivity contribution in [3.8, 4) is 0 Å². The molecule has 2 aliphatic heterocycles. The number of ketones is 1. The van der Waals surface area contributed by atoms with Gasteiger partial charge in [-0.2, -0.15) is 4.31 Å². The fourth-order valence-corrected chi connectivity index (χ4v) is 8.04. The molecule has 0 saturated carbocycles. The monoisotopic (exact) mass is 601 g/mol. The van der Waals surface area contributed by atoms with E-state index in [2.05, 4.69) is 20.9 Å². The molecule has 1 saturated heterocycles. The molecule has 2 aromatic carbocycles. The van der Waals surface area contributed by atoms with Crippen LogP contribution in [0.15, 0.2) is 64.5 Å². The molecule has 0 radical (unpaired) electrons. The standard InChI is InChI=1S/C28H35N5O6S2/c1-19-33(41(38,39)23-7-3-2-4-8-23)25(18-40-19)26(35)32-24(27(36)37)17-21-11-9-20(10-12-21)16-22(34)6-5-13-29-28-30-14-15-31-28/h2-4,7-12,19,24-25H,5-6,13-18H2,1H3,(H,32,35)(H,36,37)(H2,29,30,31)/t19?,24?,25-/m0/s1. The number of sulfonamides is 1. The third-order valence-electron chi connectivity index (χ3n) is 6.86. The normalized spacial score (nSPS) is 19.7. The van der Waals surface area contributed by atoms with Gasteiger partial charge in [-0.05, 0) is 36.6 Å². The molecule has 13 heteroatoms. The molecule has 220 valence electrons. The average Bonchev–Trinajstić information content (AvgIpc) is 3.62. The lowest BCUT2D eigenvalue weighted by Gasteiger charge is -2.27. The number of guanidine groups is 1. The molecule has 4 rings (SSSR count). The Morgan fingerprint density at radius 1 is 1.12 bits per heavy atom. The third-order valence-corrected chi connectivity index (χ3v) is 10.2. The van der Waals surface area contributed by atoms with Crippen molar-refractivity contribution in [1.82, 2.24) is 20.3 Å². The fraction of sp³-hybridized carbons (Fsp3) is 0.429. The molecule has 2 aromatic rings. The van der Waals surface area contributed by atoms with Crippen LogP contribution in [0.2, 0.25) is 0 Å². The van der Waals surface area contributed by atoms with E-state index >= 15 is 0 Å². The Morgan fingerprint density at radius 2 is 1.83 bits per heavy atom. The second-order valence-corrected chi connectivity index (χ2v) is 13.1. The largest absolute Gasteiger partial charge is 0.480 e. The second-order valence-electron chi connectivity index (χ2n) is 9.92. The van der Waals surface area contributed by atoms with Crippen LogP contribution in [0.3, 0.4) is 0 Å². The summed E-state index contributed by atoms with van der Waals surface area (Å²) in [6, 6.07) is 12.7. The Balaban J connectivity index is 1.31. The van der Waals surface area contributed by atoms with Crippen molar-refractivity contribution >= 4 is 45.4 Å². The van der Waals surface area contributed by atoms with Gasteiger partial charge in [-0.25, -0.2) is 13.2 Å². The van der Waals surface area contributed by atoms with Crippen LogP contribution >= 0.6 is 11.8 Å². The molecule has 11 nitrogen and oxygen atoms in total. The summed E-state index contributed by atoms with van der Waals surface area (Å²) < 4.78 is 27.7. The molecule has 2 unspecified atom stereocenters. The van der Waals surface area contributed by atoms with Gasteiger partial charge >= 0.3 is 5.97 Å². The number of carbonyl (C=O) groups is 3. The van der Waals surface area contributed by atoms with Gasteiger partial charge in [0.15, 0.2) is 5.96 Å². The summed E-state index contributed by atoms with van der Waals surface area (Å²) in [5.74, 6) is -0.775. The van der Waals surface area contributed by atoms with Crippen molar-refractivity contribution in [3.63, 3.8) is 0 Å². The molecule has 41 heavy (non-hydrogen) atoms. The van der Waals surface area contributed by atoms with E-state index in [1.165, 1.54) is 23.9 Å². The first-order chi connectivity index (χ1) is 19.6. The number of Topliss-reactive ketones (excluding diaryl/α,β-unsaturated/α-hetero) is 1. The predicted octanol–water partition coefficient (Wildman–Crippen LogP) is 1.39. The Labute approximate surface area is 244 Å². The summed E-state index contributed by atoms with van der Waals surface area (Å²) >= 11 is 1.32. The van der Waals surface area contributed by atoms with Crippen LogP contribution in [0.5, 0.6) is 0 Å². The highest BCUT2D eigenvalue weighted by Gasteiger charge is 2.45. The van der Waals surface area contributed by atoms with Crippen LogP contribution in [0, 0.1) is 0 Å². The third kappa shape index (κ3) is 8.08. The van der Waals surface area contributed by atoms with Gasteiger partial charge in [-0.15, -0.1) is 11.8 Å². The maximum absolute atomic E-state index is 13.3. The molecule has 0 aromatic heterocycles. The number of hydrogen-bond acceptors (Lipinski definition) is 9. The zero-order valence-corrected chi connectivity index (χ0v) is 24.4. The van der Waals surface area contributed by atoms with E-state index in [-0.39, 0.29) is 29.3 Å². The number of rotatable bonds is 13. The Kier molecular flexibility index (Phi) is 10.4. The molecular weight excluding hydrogens is 566 g/mol. The molecule has 1 fully saturated rings. The van der Waals surface area contributed by atoms with Gasteiger partial charge in [0, 0.05) is 38.1 Å². The number of carboxylic acid groups (broad SMARTS) is 1. The lowest BCUT2D eigenvalue weighted by atomic mass is 10.0. The highest BCUT2D eigenvalue weighted by Crippen LogP contribution is 2.34. The quantitative estimate of drug-likeness (QED) is 0.249. The number of hydrogen-bond donors (Lipinski definition) is 4. The lowest BCUT2D eigenvalue weighted by Crippen LogP contribution is -2.53. The van der Waals surface area contributed by atoms with E-state index in [4.69, 9.17) is 0 Å². The van der Waals surface area contributed by atoms with Gasteiger partial charge in [0.05, 0.1) is 16.8 Å². The predicted molar refractivity (Wildman–Crippen MR) is 157 cm³/mol. The zero-order chi connectivity index (χ0) is 29.4. The molecule has 4 N–H and O–H groups in total. The van der Waals surface area contributed by atoms with Crippen LogP contribution in [-0.2, 0) is 37.2 Å². The van der Waals surface area contributed by atoms with Gasteiger partial charge in [0.25, 0.3) is 0 Å². The molecule has 2 aliphatic rings. The van der Waals surface area contributed by atoms with Gasteiger partial charge in [-0.3, -0.25) is 14.6 Å². The maximum Gasteiger partial charge on any atom is 0.326 e. The van der Waals surface area contributed by atoms with Crippen LogP contribution in [-0.4, -0.2) is 84.3 Å². The number of aliphatic imine (C=N–C) groups is 1. The van der Waals surface area contributed by atoms with E-state index in [0.717, 1.165) is 28.9 Å². The smallest absolute Gasteiger partial charge is 0.326 e. The number of carboxylic acids is 1. The summed E-state index contributed by atoms with van der Waals surface area (Å²) in [6.07, 6.45) is 1.42. The van der Waals surface area contributed by atoms with Crippen molar-refractivity contribution in [2.75, 3.05) is 25.4 Å². The van der Waals surface area contributed by atoms with E-state index in [1.807, 2.05) is 0 Å².